The van der Waals surface area contributed by atoms with Gasteiger partial charge in [-0.15, -0.1) is 0 Å². The maximum absolute atomic E-state index is 12.8. The molecule has 0 bridgehead atoms. The minimum absolute atomic E-state index is 0.202. The van der Waals surface area contributed by atoms with Crippen molar-refractivity contribution >= 4 is 23.0 Å². The first-order chi connectivity index (χ1) is 20.9. The molecule has 1 aliphatic rings. The third kappa shape index (κ3) is 9.77. The van der Waals surface area contributed by atoms with Gasteiger partial charge in [-0.25, -0.2) is 4.79 Å². The first kappa shape index (κ1) is 32.4. The number of benzene rings is 1. The highest BCUT2D eigenvalue weighted by Gasteiger charge is 2.18. The van der Waals surface area contributed by atoms with Gasteiger partial charge in [-0.2, -0.15) is 9.97 Å². The monoisotopic (exact) mass is 596 g/mol. The molecule has 4 rings (SSSR count). The zero-order valence-electron chi connectivity index (χ0n) is 25.9. The van der Waals surface area contributed by atoms with Gasteiger partial charge in [0.2, 0.25) is 0 Å². The van der Waals surface area contributed by atoms with Gasteiger partial charge in [0.1, 0.15) is 11.3 Å². The number of carbonyl (C=O) groups is 1. The zero-order chi connectivity index (χ0) is 30.6. The topological polar surface area (TPSA) is 144 Å². The number of piperazine rings is 1. The van der Waals surface area contributed by atoms with Crippen molar-refractivity contribution in [2.75, 3.05) is 52.1 Å². The number of anilines is 1. The third-order valence-electron chi connectivity index (χ3n) is 7.95. The van der Waals surface area contributed by atoms with E-state index >= 15 is 0 Å². The van der Waals surface area contributed by atoms with Crippen LogP contribution in [0, 0.1) is 0 Å². The van der Waals surface area contributed by atoms with Crippen molar-refractivity contribution in [3.8, 4) is 11.8 Å². The van der Waals surface area contributed by atoms with Crippen LogP contribution in [0.1, 0.15) is 64.4 Å². The maximum Gasteiger partial charge on any atom is 0.327 e. The van der Waals surface area contributed by atoms with Crippen molar-refractivity contribution in [3.05, 3.63) is 40.3 Å². The van der Waals surface area contributed by atoms with Gasteiger partial charge < -0.3 is 35.3 Å². The van der Waals surface area contributed by atoms with Gasteiger partial charge in [0.15, 0.2) is 11.5 Å². The Kier molecular flexibility index (Phi) is 12.4. The number of aryl methyl sites for hydroxylation is 1. The Morgan fingerprint density at radius 1 is 1.09 bits per heavy atom. The van der Waals surface area contributed by atoms with E-state index in [0.717, 1.165) is 76.8 Å². The number of nitrogens with two attached hydrogens (primary N) is 1. The maximum atomic E-state index is 12.8. The van der Waals surface area contributed by atoms with E-state index in [0.29, 0.717) is 49.1 Å². The normalized spacial score (nSPS) is 15.1. The third-order valence-corrected chi connectivity index (χ3v) is 7.95. The minimum Gasteiger partial charge on any atom is -0.463 e. The van der Waals surface area contributed by atoms with Crippen LogP contribution in [0.15, 0.2) is 29.1 Å². The minimum atomic E-state index is -0.241. The highest BCUT2D eigenvalue weighted by Crippen LogP contribution is 2.19. The summed E-state index contributed by atoms with van der Waals surface area (Å²) in [7, 11) is 2.17. The highest BCUT2D eigenvalue weighted by molar-refractivity contribution is 5.81. The van der Waals surface area contributed by atoms with E-state index in [-0.39, 0.29) is 23.5 Å². The lowest BCUT2D eigenvalue weighted by Gasteiger charge is -2.33. The first-order valence-corrected chi connectivity index (χ1v) is 15.7. The Balaban J connectivity index is 1.36. The summed E-state index contributed by atoms with van der Waals surface area (Å²) < 4.78 is 12.7. The van der Waals surface area contributed by atoms with Crippen molar-refractivity contribution in [3.63, 3.8) is 0 Å². The number of hydrogen-bond acceptors (Lipinski definition) is 10. The van der Waals surface area contributed by atoms with Crippen LogP contribution in [0.25, 0.3) is 11.2 Å². The molecule has 0 spiro atoms. The van der Waals surface area contributed by atoms with E-state index < -0.39 is 0 Å². The number of carbonyl (C=O) groups excluding carboxylic acids is 1. The quantitative estimate of drug-likeness (QED) is 0.121. The van der Waals surface area contributed by atoms with E-state index in [1.54, 1.807) is 11.5 Å². The molecule has 236 valence electrons. The van der Waals surface area contributed by atoms with E-state index in [4.69, 9.17) is 15.2 Å². The second kappa shape index (κ2) is 16.4. The number of ether oxygens (including phenoxy) is 2. The standard InChI is InChI=1S/C31H48N8O4/c1-4-6-20-42-30-35-28(32)27-29(36-30)39(31(41)34-27)14-8-7-11-24(13-15-38-18-16-37(3)17-19-38)33-22-23-10-9-12-25(21-23)43-26(40)5-2/h9-10,12,21,24,33H,4-8,11,13-20,22H2,1-3H3,(H,34,41)(H2,32,35,36). The predicted octanol–water partition coefficient (Wildman–Crippen LogP) is 3.16. The lowest BCUT2D eigenvalue weighted by Crippen LogP contribution is -2.45. The number of nitrogen functional groups attached to an aromatic ring is 1. The Bertz CT molecular complexity index is 1370. The van der Waals surface area contributed by atoms with Gasteiger partial charge in [0.25, 0.3) is 0 Å². The number of H-pyrrole nitrogens is 1. The number of nitrogens with one attached hydrogen (secondary N) is 2. The number of aromatic nitrogens is 4. The zero-order valence-corrected chi connectivity index (χ0v) is 25.9. The molecule has 1 unspecified atom stereocenters. The lowest BCUT2D eigenvalue weighted by atomic mass is 10.0. The lowest BCUT2D eigenvalue weighted by molar-refractivity contribution is -0.134. The van der Waals surface area contributed by atoms with Gasteiger partial charge in [0, 0.05) is 51.7 Å². The van der Waals surface area contributed by atoms with Crippen molar-refractivity contribution in [2.24, 2.45) is 0 Å². The number of nitrogens with zero attached hydrogens (tertiary/aromatic N) is 5. The summed E-state index contributed by atoms with van der Waals surface area (Å²) in [4.78, 5) is 40.9. The number of esters is 1. The molecular formula is C31H48N8O4. The molecule has 3 aromatic rings. The van der Waals surface area contributed by atoms with Crippen LogP contribution in [0.5, 0.6) is 11.8 Å². The van der Waals surface area contributed by atoms with E-state index in [2.05, 4.69) is 44.0 Å². The molecule has 0 radical (unpaired) electrons. The van der Waals surface area contributed by atoms with Gasteiger partial charge in [-0.3, -0.25) is 9.36 Å². The van der Waals surface area contributed by atoms with Gasteiger partial charge >= 0.3 is 17.7 Å². The summed E-state index contributed by atoms with van der Waals surface area (Å²) in [6.07, 6.45) is 5.99. The molecule has 4 N–H and O–H groups in total. The second-order valence-electron chi connectivity index (χ2n) is 11.4. The largest absolute Gasteiger partial charge is 0.463 e. The van der Waals surface area contributed by atoms with Crippen LogP contribution in [0.4, 0.5) is 5.82 Å². The number of imidazole rings is 1. The molecule has 1 atom stereocenters. The van der Waals surface area contributed by atoms with Gasteiger partial charge in [-0.05, 0) is 57.0 Å². The molecule has 0 amide bonds. The van der Waals surface area contributed by atoms with Crippen molar-refractivity contribution in [2.45, 2.75) is 77.9 Å². The number of fused-ring (bicyclic) bond motifs is 1. The first-order valence-electron chi connectivity index (χ1n) is 15.7. The second-order valence-corrected chi connectivity index (χ2v) is 11.4. The number of likely N-dealkylation sites (N-methyl/N-ethyl adjacent to an activating group) is 1. The predicted molar refractivity (Wildman–Crippen MR) is 168 cm³/mol. The summed E-state index contributed by atoms with van der Waals surface area (Å²) in [5, 5.41) is 3.75. The van der Waals surface area contributed by atoms with Crippen LogP contribution in [0.2, 0.25) is 0 Å². The Morgan fingerprint density at radius 3 is 2.67 bits per heavy atom. The van der Waals surface area contributed by atoms with Crippen LogP contribution in [-0.2, 0) is 17.9 Å². The molecule has 12 heteroatoms. The highest BCUT2D eigenvalue weighted by atomic mass is 16.5. The molecule has 1 aliphatic heterocycles. The Morgan fingerprint density at radius 2 is 1.91 bits per heavy atom. The average molecular weight is 597 g/mol. The summed E-state index contributed by atoms with van der Waals surface area (Å²) in [6, 6.07) is 8.21. The van der Waals surface area contributed by atoms with E-state index in [1.165, 1.54) is 0 Å². The Labute approximate surface area is 254 Å². The average Bonchev–Trinajstić information content (AvgIpc) is 3.32. The van der Waals surface area contributed by atoms with E-state index in [1.807, 2.05) is 24.3 Å². The molecular weight excluding hydrogens is 548 g/mol. The summed E-state index contributed by atoms with van der Waals surface area (Å²) in [5.74, 6) is 0.556. The van der Waals surface area contributed by atoms with Crippen LogP contribution in [0.3, 0.4) is 0 Å². The van der Waals surface area contributed by atoms with E-state index in [9.17, 15) is 9.59 Å². The van der Waals surface area contributed by atoms with Gasteiger partial charge in [-0.1, -0.05) is 38.8 Å². The van der Waals surface area contributed by atoms with Crippen LogP contribution < -0.4 is 26.2 Å². The smallest absolute Gasteiger partial charge is 0.327 e. The SMILES string of the molecule is CCCCOc1nc(N)c2[nH]c(=O)n(CCCCC(CCN3CCN(C)CC3)NCc3cccc(OC(=O)CC)c3)c2n1. The molecule has 12 nitrogen and oxygen atoms in total. The fourth-order valence-corrected chi connectivity index (χ4v) is 5.21. The van der Waals surface area contributed by atoms with Gasteiger partial charge in [0.05, 0.1) is 6.61 Å². The van der Waals surface area contributed by atoms with Crippen molar-refractivity contribution in [1.29, 1.82) is 0 Å². The number of unbranched alkanes of at least 4 members (excludes halogenated alkanes) is 2. The molecule has 2 aromatic heterocycles. The summed E-state index contributed by atoms with van der Waals surface area (Å²) >= 11 is 0. The fourth-order valence-electron chi connectivity index (χ4n) is 5.21. The summed E-state index contributed by atoms with van der Waals surface area (Å²) in [6.45, 7) is 11.0. The summed E-state index contributed by atoms with van der Waals surface area (Å²) in [5.41, 5.74) is 7.88. The molecule has 1 saturated heterocycles. The number of aromatic amines is 1. The fraction of sp³-hybridized carbons (Fsp3) is 0.613. The number of rotatable bonds is 17. The molecule has 0 saturated carbocycles. The molecule has 0 aliphatic carbocycles. The van der Waals surface area contributed by atoms with Crippen molar-refractivity contribution < 1.29 is 14.3 Å². The molecule has 1 fully saturated rings. The number of hydrogen-bond donors (Lipinski definition) is 3. The molecule has 3 heterocycles. The Hall–Kier alpha value is -3.48. The van der Waals surface area contributed by atoms with Crippen molar-refractivity contribution in [1.82, 2.24) is 34.6 Å². The van der Waals surface area contributed by atoms with Crippen LogP contribution in [-0.4, -0.2) is 87.7 Å². The van der Waals surface area contributed by atoms with Crippen LogP contribution >= 0.6 is 0 Å². The molecule has 1 aromatic carbocycles. The molecule has 43 heavy (non-hydrogen) atoms.